The van der Waals surface area contributed by atoms with Gasteiger partial charge in [-0.05, 0) is 35.7 Å². The third-order valence-corrected chi connectivity index (χ3v) is 5.44. The number of rotatable bonds is 2. The lowest BCUT2D eigenvalue weighted by Crippen LogP contribution is -2.47. The molecule has 0 unspecified atom stereocenters. The van der Waals surface area contributed by atoms with Gasteiger partial charge in [0.25, 0.3) is 5.91 Å². The number of halogens is 1. The Labute approximate surface area is 125 Å². The SMILES string of the molecule is Cc1nn(C)c(CN2C(=O)NC(=O)C23CCCC3)c1Br. The minimum Gasteiger partial charge on any atom is -0.304 e. The highest BCUT2D eigenvalue weighted by molar-refractivity contribution is 9.10. The minimum atomic E-state index is -0.644. The summed E-state index contributed by atoms with van der Waals surface area (Å²) in [7, 11) is 1.85. The van der Waals surface area contributed by atoms with Crippen LogP contribution in [0.1, 0.15) is 37.1 Å². The van der Waals surface area contributed by atoms with Gasteiger partial charge in [-0.3, -0.25) is 14.8 Å². The molecule has 1 N–H and O–H groups in total. The molecule has 2 fully saturated rings. The molecule has 20 heavy (non-hydrogen) atoms. The molecular weight excluding hydrogens is 324 g/mol. The van der Waals surface area contributed by atoms with Crippen molar-refractivity contribution in [3.05, 3.63) is 15.9 Å². The summed E-state index contributed by atoms with van der Waals surface area (Å²) in [4.78, 5) is 26.0. The zero-order valence-electron chi connectivity index (χ0n) is 11.6. The van der Waals surface area contributed by atoms with Crippen molar-refractivity contribution in [1.82, 2.24) is 20.0 Å². The number of aryl methyl sites for hydroxylation is 2. The first-order valence-corrected chi connectivity index (χ1v) is 7.56. The van der Waals surface area contributed by atoms with Crippen LogP contribution in [0.4, 0.5) is 4.79 Å². The van der Waals surface area contributed by atoms with Crippen LogP contribution < -0.4 is 5.32 Å². The van der Waals surface area contributed by atoms with Gasteiger partial charge < -0.3 is 4.90 Å². The molecule has 2 heterocycles. The van der Waals surface area contributed by atoms with Gasteiger partial charge in [0.1, 0.15) is 5.54 Å². The van der Waals surface area contributed by atoms with E-state index in [0.717, 1.165) is 41.5 Å². The molecule has 0 bridgehead atoms. The molecule has 1 spiro atoms. The third kappa shape index (κ3) is 1.79. The number of carbonyl (C=O) groups excluding carboxylic acids is 2. The fraction of sp³-hybridized carbons (Fsp3) is 0.615. The smallest absolute Gasteiger partial charge is 0.304 e. The molecule has 1 saturated carbocycles. The molecule has 3 rings (SSSR count). The largest absolute Gasteiger partial charge is 0.325 e. The molecule has 6 nitrogen and oxygen atoms in total. The fourth-order valence-corrected chi connectivity index (χ4v) is 3.74. The first kappa shape index (κ1) is 13.6. The normalized spacial score (nSPS) is 21.1. The monoisotopic (exact) mass is 340 g/mol. The van der Waals surface area contributed by atoms with Crippen molar-refractivity contribution in [2.45, 2.75) is 44.7 Å². The highest BCUT2D eigenvalue weighted by atomic mass is 79.9. The van der Waals surface area contributed by atoms with Crippen molar-refractivity contribution in [3.63, 3.8) is 0 Å². The summed E-state index contributed by atoms with van der Waals surface area (Å²) in [5, 5.41) is 6.81. The summed E-state index contributed by atoms with van der Waals surface area (Å²) in [6, 6.07) is -0.289. The van der Waals surface area contributed by atoms with Crippen molar-refractivity contribution in [2.24, 2.45) is 7.05 Å². The average Bonchev–Trinajstić information content (AvgIpc) is 3.01. The van der Waals surface area contributed by atoms with E-state index in [4.69, 9.17) is 0 Å². The Hall–Kier alpha value is -1.37. The number of carbonyl (C=O) groups is 2. The average molecular weight is 341 g/mol. The molecule has 7 heteroatoms. The Morgan fingerprint density at radius 2 is 2.00 bits per heavy atom. The summed E-state index contributed by atoms with van der Waals surface area (Å²) in [6.07, 6.45) is 3.48. The highest BCUT2D eigenvalue weighted by Gasteiger charge is 2.54. The summed E-state index contributed by atoms with van der Waals surface area (Å²) >= 11 is 3.51. The van der Waals surface area contributed by atoms with Crippen molar-refractivity contribution in [1.29, 1.82) is 0 Å². The van der Waals surface area contributed by atoms with E-state index in [0.29, 0.717) is 6.54 Å². The van der Waals surface area contributed by atoms with Crippen LogP contribution in [-0.2, 0) is 18.4 Å². The predicted octanol–water partition coefficient (Wildman–Crippen LogP) is 1.86. The van der Waals surface area contributed by atoms with Crippen LogP contribution in [0, 0.1) is 6.92 Å². The maximum Gasteiger partial charge on any atom is 0.325 e. The summed E-state index contributed by atoms with van der Waals surface area (Å²) < 4.78 is 2.67. The van der Waals surface area contributed by atoms with Crippen LogP contribution in [0.5, 0.6) is 0 Å². The number of imide groups is 1. The van der Waals surface area contributed by atoms with E-state index in [-0.39, 0.29) is 11.9 Å². The van der Waals surface area contributed by atoms with Crippen LogP contribution in [0.15, 0.2) is 4.47 Å². The number of aromatic nitrogens is 2. The summed E-state index contributed by atoms with van der Waals surface area (Å²) in [5.74, 6) is -0.144. The molecule has 1 aromatic rings. The lowest BCUT2D eigenvalue weighted by molar-refractivity contribution is -0.126. The zero-order chi connectivity index (χ0) is 14.5. The molecule has 108 valence electrons. The van der Waals surface area contributed by atoms with Gasteiger partial charge in [-0.1, -0.05) is 12.8 Å². The quantitative estimate of drug-likeness (QED) is 0.835. The van der Waals surface area contributed by atoms with Crippen LogP contribution in [0.3, 0.4) is 0 Å². The first-order chi connectivity index (χ1) is 9.45. The second kappa shape index (κ2) is 4.58. The molecule has 1 aliphatic heterocycles. The van der Waals surface area contributed by atoms with Crippen molar-refractivity contribution in [2.75, 3.05) is 0 Å². The summed E-state index contributed by atoms with van der Waals surface area (Å²) in [5.41, 5.74) is 1.15. The van der Waals surface area contributed by atoms with Crippen molar-refractivity contribution in [3.8, 4) is 0 Å². The van der Waals surface area contributed by atoms with E-state index in [1.807, 2.05) is 14.0 Å². The van der Waals surface area contributed by atoms with Crippen LogP contribution >= 0.6 is 15.9 Å². The molecule has 0 atom stereocenters. The van der Waals surface area contributed by atoms with Gasteiger partial charge >= 0.3 is 6.03 Å². The molecule has 2 aliphatic rings. The van der Waals surface area contributed by atoms with Gasteiger partial charge in [-0.2, -0.15) is 5.10 Å². The molecule has 0 aromatic carbocycles. The molecule has 1 aromatic heterocycles. The lowest BCUT2D eigenvalue weighted by atomic mass is 9.96. The van der Waals surface area contributed by atoms with E-state index < -0.39 is 5.54 Å². The Kier molecular flexibility index (Phi) is 3.12. The number of hydrogen-bond donors (Lipinski definition) is 1. The Morgan fingerprint density at radius 3 is 2.55 bits per heavy atom. The van der Waals surface area contributed by atoms with E-state index in [1.165, 1.54) is 0 Å². The number of urea groups is 1. The van der Waals surface area contributed by atoms with E-state index in [1.54, 1.807) is 9.58 Å². The predicted molar refractivity (Wildman–Crippen MR) is 75.9 cm³/mol. The molecular formula is C13H17BrN4O2. The van der Waals surface area contributed by atoms with Crippen molar-refractivity contribution >= 4 is 27.9 Å². The van der Waals surface area contributed by atoms with E-state index >= 15 is 0 Å². The minimum absolute atomic E-state index is 0.144. The topological polar surface area (TPSA) is 67.2 Å². The maximum atomic E-state index is 12.2. The van der Waals surface area contributed by atoms with E-state index in [2.05, 4.69) is 26.3 Å². The van der Waals surface area contributed by atoms with Gasteiger partial charge in [0.05, 0.1) is 22.4 Å². The highest BCUT2D eigenvalue weighted by Crippen LogP contribution is 2.40. The van der Waals surface area contributed by atoms with Crippen LogP contribution in [-0.4, -0.2) is 32.2 Å². The van der Waals surface area contributed by atoms with Gasteiger partial charge in [0.15, 0.2) is 0 Å². The fourth-order valence-electron chi connectivity index (χ4n) is 3.28. The second-order valence-electron chi connectivity index (χ2n) is 5.55. The molecule has 0 radical (unpaired) electrons. The standard InChI is InChI=1S/C13H17BrN4O2/c1-8-10(14)9(17(2)16-8)7-18-12(20)15-11(19)13(18)5-3-4-6-13/h3-7H2,1-2H3,(H,15,19,20). The Balaban J connectivity index is 1.96. The van der Waals surface area contributed by atoms with Gasteiger partial charge in [-0.15, -0.1) is 0 Å². The molecule has 1 saturated heterocycles. The third-order valence-electron chi connectivity index (χ3n) is 4.41. The van der Waals surface area contributed by atoms with Crippen LogP contribution in [0.25, 0.3) is 0 Å². The zero-order valence-corrected chi connectivity index (χ0v) is 13.2. The van der Waals surface area contributed by atoms with Crippen LogP contribution in [0.2, 0.25) is 0 Å². The Bertz CT molecular complexity index is 589. The number of hydrogen-bond acceptors (Lipinski definition) is 3. The Morgan fingerprint density at radius 1 is 1.35 bits per heavy atom. The molecule has 3 amide bonds. The number of nitrogens with one attached hydrogen (secondary N) is 1. The van der Waals surface area contributed by atoms with Gasteiger partial charge in [0.2, 0.25) is 0 Å². The number of nitrogens with zero attached hydrogens (tertiary/aromatic N) is 3. The molecule has 1 aliphatic carbocycles. The first-order valence-electron chi connectivity index (χ1n) is 6.77. The van der Waals surface area contributed by atoms with Gasteiger partial charge in [0, 0.05) is 7.05 Å². The maximum absolute atomic E-state index is 12.2. The number of amides is 3. The van der Waals surface area contributed by atoms with E-state index in [9.17, 15) is 9.59 Å². The second-order valence-corrected chi connectivity index (χ2v) is 6.35. The summed E-state index contributed by atoms with van der Waals surface area (Å²) in [6.45, 7) is 2.31. The van der Waals surface area contributed by atoms with Gasteiger partial charge in [-0.25, -0.2) is 4.79 Å². The van der Waals surface area contributed by atoms with Crippen molar-refractivity contribution < 1.29 is 9.59 Å². The lowest BCUT2D eigenvalue weighted by Gasteiger charge is -2.31.